The van der Waals surface area contributed by atoms with Crippen LogP contribution in [0, 0.1) is 13.1 Å². The summed E-state index contributed by atoms with van der Waals surface area (Å²) in [5.74, 6) is 0. The van der Waals surface area contributed by atoms with Gasteiger partial charge in [-0.25, -0.2) is 9.69 Å². The highest BCUT2D eigenvalue weighted by atomic mass is 15.2. The normalized spacial score (nSPS) is 10.8. The molecule has 9 aromatic rings. The van der Waals surface area contributed by atoms with Crippen LogP contribution in [0.5, 0.6) is 0 Å². The first kappa shape index (κ1) is 33.9. The second kappa shape index (κ2) is 14.8. The van der Waals surface area contributed by atoms with Crippen molar-refractivity contribution in [2.45, 2.75) is 0 Å². The second-order valence-corrected chi connectivity index (χ2v) is 13.4. The Morgan fingerprint density at radius 1 is 0.304 bits per heavy atom. The third-order valence-electron chi connectivity index (χ3n) is 10.3. The summed E-state index contributed by atoms with van der Waals surface area (Å²) in [6, 6.07) is 70.6. The lowest BCUT2D eigenvalue weighted by Gasteiger charge is -2.30. The maximum absolute atomic E-state index is 8.24. The van der Waals surface area contributed by atoms with E-state index in [9.17, 15) is 0 Å². The van der Waals surface area contributed by atoms with E-state index in [0.717, 1.165) is 77.9 Å². The van der Waals surface area contributed by atoms with Gasteiger partial charge in [-0.1, -0.05) is 140 Å². The van der Waals surface area contributed by atoms with Crippen LogP contribution in [-0.4, -0.2) is 0 Å². The first-order valence-electron chi connectivity index (χ1n) is 18.5. The minimum atomic E-state index is 0.584. The first-order chi connectivity index (χ1) is 27.7. The average Bonchev–Trinajstić information content (AvgIpc) is 3.27. The number of rotatable bonds is 8. The van der Waals surface area contributed by atoms with Crippen LogP contribution in [0.15, 0.2) is 206 Å². The van der Waals surface area contributed by atoms with Crippen molar-refractivity contribution in [2.24, 2.45) is 0 Å². The lowest BCUT2D eigenvalue weighted by atomic mass is 9.84. The van der Waals surface area contributed by atoms with Gasteiger partial charge in [0, 0.05) is 33.8 Å². The minimum Gasteiger partial charge on any atom is -0.311 e. The van der Waals surface area contributed by atoms with E-state index in [1.54, 1.807) is 0 Å². The zero-order valence-electron chi connectivity index (χ0n) is 30.4. The van der Waals surface area contributed by atoms with Crippen molar-refractivity contribution in [1.29, 1.82) is 0 Å². The molecule has 262 valence electrons. The molecule has 0 aliphatic carbocycles. The van der Waals surface area contributed by atoms with Crippen LogP contribution in [0.4, 0.5) is 45.5 Å². The highest BCUT2D eigenvalue weighted by Crippen LogP contribution is 2.52. The minimum absolute atomic E-state index is 0.584. The number of benzene rings is 9. The number of para-hydroxylation sites is 5. The number of anilines is 6. The van der Waals surface area contributed by atoms with Crippen molar-refractivity contribution in [2.75, 3.05) is 9.80 Å². The summed E-state index contributed by atoms with van der Waals surface area (Å²) in [6.45, 7) is 16.4. The fourth-order valence-electron chi connectivity index (χ4n) is 7.89. The van der Waals surface area contributed by atoms with E-state index in [1.165, 1.54) is 0 Å². The van der Waals surface area contributed by atoms with E-state index in [0.29, 0.717) is 11.4 Å². The highest BCUT2D eigenvalue weighted by Gasteiger charge is 2.25. The molecule has 0 atom stereocenters. The third-order valence-corrected chi connectivity index (χ3v) is 10.3. The number of nitrogens with zero attached hydrogens (tertiary/aromatic N) is 4. The van der Waals surface area contributed by atoms with Crippen LogP contribution >= 0.6 is 0 Å². The predicted octanol–water partition coefficient (Wildman–Crippen LogP) is 15.4. The Balaban J connectivity index is 1.36. The standard InChI is InChI=1S/C52H34N4/c1-53-47-30-16-14-27-44(47)50-42-25-12-13-26-43(42)51(45-28-15-17-31-48(45)54-2)52-46(50)29-18-32-49(52)56(39-23-10-5-11-24-39)41-35-33-40(34-36-41)55(37-19-6-3-7-20-37)38-21-8-4-9-22-38/h3-36H. The molecule has 0 spiro atoms. The summed E-state index contributed by atoms with van der Waals surface area (Å²) >= 11 is 0. The monoisotopic (exact) mass is 714 g/mol. The Labute approximate surface area is 327 Å². The van der Waals surface area contributed by atoms with Gasteiger partial charge in [-0.05, 0) is 105 Å². The van der Waals surface area contributed by atoms with Crippen LogP contribution in [0.25, 0.3) is 53.5 Å². The van der Waals surface area contributed by atoms with Gasteiger partial charge in [0.15, 0.2) is 11.4 Å². The first-order valence-corrected chi connectivity index (χ1v) is 18.5. The van der Waals surface area contributed by atoms with Crippen LogP contribution in [-0.2, 0) is 0 Å². The van der Waals surface area contributed by atoms with Crippen molar-refractivity contribution < 1.29 is 0 Å². The molecule has 0 amide bonds. The van der Waals surface area contributed by atoms with Crippen LogP contribution < -0.4 is 9.80 Å². The smallest absolute Gasteiger partial charge is 0.194 e. The topological polar surface area (TPSA) is 15.2 Å². The van der Waals surface area contributed by atoms with Crippen molar-refractivity contribution in [3.8, 4) is 22.3 Å². The average molecular weight is 715 g/mol. The zero-order valence-corrected chi connectivity index (χ0v) is 30.4. The van der Waals surface area contributed by atoms with Gasteiger partial charge in [0.2, 0.25) is 0 Å². The van der Waals surface area contributed by atoms with Gasteiger partial charge < -0.3 is 9.80 Å². The van der Waals surface area contributed by atoms with Crippen molar-refractivity contribution in [3.63, 3.8) is 0 Å². The van der Waals surface area contributed by atoms with E-state index < -0.39 is 0 Å². The fraction of sp³-hybridized carbons (Fsp3) is 0. The Bertz CT molecular complexity index is 2890. The van der Waals surface area contributed by atoms with Gasteiger partial charge in [-0.2, -0.15) is 0 Å². The molecule has 0 bridgehead atoms. The Kier molecular flexibility index (Phi) is 8.98. The number of fused-ring (bicyclic) bond motifs is 2. The molecule has 0 N–H and O–H groups in total. The molecule has 0 aromatic heterocycles. The lowest BCUT2D eigenvalue weighted by molar-refractivity contribution is 1.26. The SMILES string of the molecule is [C-]#[N+]c1ccccc1-c1c2ccccc2c(-c2ccccc2[N+]#[C-])c2c(N(c3ccccc3)c3ccc(N(c4ccccc4)c4ccccc4)cc3)cccc12. The van der Waals surface area contributed by atoms with Gasteiger partial charge in [0.1, 0.15) is 0 Å². The van der Waals surface area contributed by atoms with Crippen LogP contribution in [0.2, 0.25) is 0 Å². The van der Waals surface area contributed by atoms with Gasteiger partial charge in [-0.15, -0.1) is 0 Å². The molecule has 9 rings (SSSR count). The Hall–Kier alpha value is -7.92. The van der Waals surface area contributed by atoms with Crippen LogP contribution in [0.3, 0.4) is 0 Å². The van der Waals surface area contributed by atoms with E-state index in [2.05, 4.69) is 165 Å². The molecule has 4 heteroatoms. The molecule has 0 radical (unpaired) electrons. The van der Waals surface area contributed by atoms with Gasteiger partial charge in [-0.3, -0.25) is 0 Å². The second-order valence-electron chi connectivity index (χ2n) is 13.4. The van der Waals surface area contributed by atoms with E-state index in [-0.39, 0.29) is 0 Å². The zero-order chi connectivity index (χ0) is 37.8. The molecule has 0 saturated heterocycles. The Morgan fingerprint density at radius 3 is 1.20 bits per heavy atom. The Morgan fingerprint density at radius 2 is 0.679 bits per heavy atom. The quantitative estimate of drug-likeness (QED) is 0.115. The van der Waals surface area contributed by atoms with E-state index in [1.807, 2.05) is 60.7 Å². The highest BCUT2D eigenvalue weighted by molar-refractivity contribution is 6.26. The largest absolute Gasteiger partial charge is 0.311 e. The molecule has 0 aliphatic rings. The molecule has 0 aliphatic heterocycles. The van der Waals surface area contributed by atoms with Gasteiger partial charge >= 0.3 is 0 Å². The molecule has 0 fully saturated rings. The van der Waals surface area contributed by atoms with Crippen molar-refractivity contribution in [3.05, 3.63) is 229 Å². The van der Waals surface area contributed by atoms with Gasteiger partial charge in [0.05, 0.1) is 18.8 Å². The maximum atomic E-state index is 8.24. The summed E-state index contributed by atoms with van der Waals surface area (Å²) in [5.41, 5.74) is 11.0. The van der Waals surface area contributed by atoms with Crippen LogP contribution in [0.1, 0.15) is 0 Å². The summed E-state index contributed by atoms with van der Waals surface area (Å²) < 4.78 is 0. The predicted molar refractivity (Wildman–Crippen MR) is 234 cm³/mol. The van der Waals surface area contributed by atoms with E-state index >= 15 is 0 Å². The molecule has 0 heterocycles. The third kappa shape index (κ3) is 5.99. The van der Waals surface area contributed by atoms with Crippen molar-refractivity contribution in [1.82, 2.24) is 0 Å². The fourth-order valence-corrected chi connectivity index (χ4v) is 7.89. The molecular formula is C52H34N4. The maximum Gasteiger partial charge on any atom is 0.194 e. The summed E-state index contributed by atoms with van der Waals surface area (Å²) in [7, 11) is 0. The summed E-state index contributed by atoms with van der Waals surface area (Å²) in [4.78, 5) is 12.6. The molecule has 4 nitrogen and oxygen atoms in total. The lowest BCUT2D eigenvalue weighted by Crippen LogP contribution is -2.12. The molecular weight excluding hydrogens is 681 g/mol. The number of hydrogen-bond donors (Lipinski definition) is 0. The molecule has 0 saturated carbocycles. The molecule has 0 unspecified atom stereocenters. The van der Waals surface area contributed by atoms with Gasteiger partial charge in [0.25, 0.3) is 0 Å². The molecule has 9 aromatic carbocycles. The summed E-state index contributed by atoms with van der Waals surface area (Å²) in [5, 5.41) is 4.05. The van der Waals surface area contributed by atoms with E-state index in [4.69, 9.17) is 13.1 Å². The summed E-state index contributed by atoms with van der Waals surface area (Å²) in [6.07, 6.45) is 0. The molecule has 56 heavy (non-hydrogen) atoms. The van der Waals surface area contributed by atoms with Crippen molar-refractivity contribution >= 4 is 67.0 Å². The number of hydrogen-bond acceptors (Lipinski definition) is 2.